The van der Waals surface area contributed by atoms with Gasteiger partial charge in [0, 0.05) is 13.7 Å². The van der Waals surface area contributed by atoms with Crippen molar-refractivity contribution in [3.05, 3.63) is 44.7 Å². The third-order valence-electron chi connectivity index (χ3n) is 5.47. The summed E-state index contributed by atoms with van der Waals surface area (Å²) in [4.78, 5) is 26.1. The van der Waals surface area contributed by atoms with Crippen LogP contribution in [-0.4, -0.2) is 43.7 Å². The number of nitrogen functional groups attached to an aromatic ring is 2. The molecule has 0 radical (unpaired) electrons. The lowest BCUT2D eigenvalue weighted by Crippen LogP contribution is -2.31. The molecule has 1 aliphatic carbocycles. The zero-order valence-electron chi connectivity index (χ0n) is 19.3. The number of nitrogens with zero attached hydrogens (tertiary/aromatic N) is 5. The van der Waals surface area contributed by atoms with Gasteiger partial charge in [-0.3, -0.25) is 9.36 Å². The van der Waals surface area contributed by atoms with Crippen LogP contribution < -0.4 is 22.3 Å². The van der Waals surface area contributed by atoms with Crippen LogP contribution in [0, 0.1) is 23.1 Å². The topological polar surface area (TPSA) is 169 Å². The second kappa shape index (κ2) is 11.5. The van der Waals surface area contributed by atoms with E-state index < -0.39 is 11.9 Å². The molecule has 2 heterocycles. The fraction of sp³-hybridized carbons (Fsp3) is 0.409. The summed E-state index contributed by atoms with van der Waals surface area (Å²) >= 11 is 7.93. The van der Waals surface area contributed by atoms with Gasteiger partial charge >= 0.3 is 0 Å². The Balaban J connectivity index is 0.00000167. The molecule has 1 saturated carbocycles. The molecule has 0 spiro atoms. The summed E-state index contributed by atoms with van der Waals surface area (Å²) in [7, 11) is 1.00. The Bertz CT molecular complexity index is 1330. The van der Waals surface area contributed by atoms with Crippen molar-refractivity contribution in [3.8, 4) is 6.07 Å². The fourth-order valence-corrected chi connectivity index (χ4v) is 4.43. The standard InChI is InChI=1S/C21H22ClFN8OS.CH4O/c1-33-6-2-5-31-19(28-16-12(20(31)32)7-11(23)8-14(16)22)15(10-3-4-10)27-18-13(9-24)17(25)29-21(26)30-18;1-2/h7-8,10,15H,2-6H2,1H3,(H5,25,26,27,29,30);2H,1H3/t15-;/m0./s1. The SMILES string of the molecule is CO.CSCCCn1c([C@@H](Nc2nc(N)nc(N)c2C#N)C2CC2)nc2c(Cl)cc(F)cc2c1=O. The van der Waals surface area contributed by atoms with Crippen molar-refractivity contribution < 1.29 is 9.50 Å². The Morgan fingerprint density at radius 1 is 1.34 bits per heavy atom. The highest BCUT2D eigenvalue weighted by Gasteiger charge is 2.37. The Morgan fingerprint density at radius 2 is 2.06 bits per heavy atom. The molecule has 0 amide bonds. The number of fused-ring (bicyclic) bond motifs is 1. The second-order valence-electron chi connectivity index (χ2n) is 7.82. The zero-order chi connectivity index (χ0) is 25.7. The molecule has 0 aliphatic heterocycles. The van der Waals surface area contributed by atoms with E-state index in [0.29, 0.717) is 12.4 Å². The van der Waals surface area contributed by atoms with Crippen LogP contribution in [0.25, 0.3) is 10.9 Å². The first kappa shape index (κ1) is 26.5. The van der Waals surface area contributed by atoms with Crippen LogP contribution in [0.4, 0.5) is 22.0 Å². The molecule has 10 nitrogen and oxygen atoms in total. The summed E-state index contributed by atoms with van der Waals surface area (Å²) in [5.74, 6) is 0.892. The smallest absolute Gasteiger partial charge is 0.261 e. The maximum Gasteiger partial charge on any atom is 0.261 e. The Labute approximate surface area is 210 Å². The highest BCUT2D eigenvalue weighted by Crippen LogP contribution is 2.43. The molecule has 35 heavy (non-hydrogen) atoms. The maximum absolute atomic E-state index is 14.0. The molecule has 0 saturated heterocycles. The molecule has 4 rings (SSSR count). The largest absolute Gasteiger partial charge is 0.400 e. The lowest BCUT2D eigenvalue weighted by molar-refractivity contribution is 0.399. The number of nitrogens with one attached hydrogen (secondary N) is 1. The van der Waals surface area contributed by atoms with Gasteiger partial charge in [-0.1, -0.05) is 11.6 Å². The third kappa shape index (κ3) is 5.75. The van der Waals surface area contributed by atoms with Gasteiger partial charge in [-0.25, -0.2) is 9.37 Å². The van der Waals surface area contributed by atoms with E-state index in [9.17, 15) is 14.4 Å². The van der Waals surface area contributed by atoms with Gasteiger partial charge in [-0.2, -0.15) is 27.0 Å². The van der Waals surface area contributed by atoms with Gasteiger partial charge in [0.05, 0.1) is 22.0 Å². The van der Waals surface area contributed by atoms with Gasteiger partial charge in [-0.05, 0) is 49.3 Å². The molecule has 0 unspecified atom stereocenters. The van der Waals surface area contributed by atoms with E-state index in [1.54, 1.807) is 16.3 Å². The van der Waals surface area contributed by atoms with Crippen molar-refractivity contribution in [3.63, 3.8) is 0 Å². The normalized spacial score (nSPS) is 13.6. The van der Waals surface area contributed by atoms with Crippen molar-refractivity contribution in [1.82, 2.24) is 19.5 Å². The maximum atomic E-state index is 14.0. The van der Waals surface area contributed by atoms with E-state index in [2.05, 4.69) is 15.3 Å². The molecule has 1 aromatic carbocycles. The van der Waals surface area contributed by atoms with Crippen LogP contribution in [0.15, 0.2) is 16.9 Å². The molecule has 3 aromatic rings. The molecule has 2 aromatic heterocycles. The number of thioether (sulfide) groups is 1. The van der Waals surface area contributed by atoms with E-state index in [4.69, 9.17) is 33.2 Å². The summed E-state index contributed by atoms with van der Waals surface area (Å²) < 4.78 is 15.6. The summed E-state index contributed by atoms with van der Waals surface area (Å²) in [5.41, 5.74) is 11.5. The third-order valence-corrected chi connectivity index (χ3v) is 6.45. The van der Waals surface area contributed by atoms with Crippen molar-refractivity contribution in [1.29, 1.82) is 5.26 Å². The highest BCUT2D eigenvalue weighted by molar-refractivity contribution is 7.98. The van der Waals surface area contributed by atoms with Crippen molar-refractivity contribution in [2.24, 2.45) is 5.92 Å². The Hall–Kier alpha value is -3.14. The number of hydrogen-bond donors (Lipinski definition) is 4. The average molecular weight is 521 g/mol. The van der Waals surface area contributed by atoms with Crippen LogP contribution in [0.1, 0.15) is 36.7 Å². The number of nitriles is 1. The highest BCUT2D eigenvalue weighted by atomic mass is 35.5. The number of anilines is 3. The number of rotatable bonds is 8. The fourth-order valence-electron chi connectivity index (χ4n) is 3.77. The van der Waals surface area contributed by atoms with E-state index in [1.807, 2.05) is 12.3 Å². The molecule has 6 N–H and O–H groups in total. The molecule has 13 heteroatoms. The number of halogens is 2. The minimum atomic E-state index is -0.600. The summed E-state index contributed by atoms with van der Waals surface area (Å²) in [6, 6.07) is 3.83. The predicted molar refractivity (Wildman–Crippen MR) is 137 cm³/mol. The summed E-state index contributed by atoms with van der Waals surface area (Å²) in [6.07, 6.45) is 4.49. The number of aliphatic hydroxyl groups excluding tert-OH is 1. The van der Waals surface area contributed by atoms with Crippen LogP contribution in [-0.2, 0) is 6.54 Å². The molecule has 186 valence electrons. The van der Waals surface area contributed by atoms with Gasteiger partial charge in [0.25, 0.3) is 5.56 Å². The van der Waals surface area contributed by atoms with Crippen molar-refractivity contribution in [2.75, 3.05) is 35.9 Å². The van der Waals surface area contributed by atoms with Crippen molar-refractivity contribution in [2.45, 2.75) is 31.8 Å². The van der Waals surface area contributed by atoms with Crippen LogP contribution in [0.5, 0.6) is 0 Å². The molecule has 1 aliphatic rings. The van der Waals surface area contributed by atoms with Gasteiger partial charge in [-0.15, -0.1) is 0 Å². The lowest BCUT2D eigenvalue weighted by Gasteiger charge is -2.24. The summed E-state index contributed by atoms with van der Waals surface area (Å²) in [5, 5.41) is 20.0. The Morgan fingerprint density at radius 3 is 2.69 bits per heavy atom. The molecular formula is C22H26ClFN8O2S. The van der Waals surface area contributed by atoms with Gasteiger partial charge < -0.3 is 21.9 Å². The average Bonchev–Trinajstić information content (AvgIpc) is 3.66. The lowest BCUT2D eigenvalue weighted by atomic mass is 10.1. The number of benzene rings is 1. The van der Waals surface area contributed by atoms with Crippen LogP contribution in [0.2, 0.25) is 5.02 Å². The number of aromatic nitrogens is 4. The van der Waals surface area contributed by atoms with E-state index >= 15 is 0 Å². The minimum Gasteiger partial charge on any atom is -0.400 e. The molecular weight excluding hydrogens is 495 g/mol. The van der Waals surface area contributed by atoms with Crippen LogP contribution >= 0.6 is 23.4 Å². The van der Waals surface area contributed by atoms with E-state index in [1.165, 1.54) is 0 Å². The molecule has 1 fully saturated rings. The first-order valence-electron chi connectivity index (χ1n) is 10.8. The first-order valence-corrected chi connectivity index (χ1v) is 12.5. The monoisotopic (exact) mass is 520 g/mol. The van der Waals surface area contributed by atoms with Crippen LogP contribution in [0.3, 0.4) is 0 Å². The van der Waals surface area contributed by atoms with Crippen molar-refractivity contribution >= 4 is 51.8 Å². The minimum absolute atomic E-state index is 0.0376. The predicted octanol–water partition coefficient (Wildman–Crippen LogP) is 2.94. The number of nitrogens with two attached hydrogens (primary N) is 2. The Kier molecular flexibility index (Phi) is 8.71. The zero-order valence-corrected chi connectivity index (χ0v) is 20.8. The van der Waals surface area contributed by atoms with Gasteiger partial charge in [0.15, 0.2) is 5.82 Å². The van der Waals surface area contributed by atoms with E-state index in [0.717, 1.165) is 44.3 Å². The molecule has 1 atom stereocenters. The number of hydrogen-bond acceptors (Lipinski definition) is 10. The van der Waals surface area contributed by atoms with Gasteiger partial charge in [0.1, 0.15) is 29.1 Å². The van der Waals surface area contributed by atoms with Gasteiger partial charge in [0.2, 0.25) is 5.95 Å². The quantitative estimate of drug-likeness (QED) is 0.324. The van der Waals surface area contributed by atoms with E-state index in [-0.39, 0.29) is 50.6 Å². The molecule has 0 bridgehead atoms. The first-order chi connectivity index (χ1) is 16.8. The second-order valence-corrected chi connectivity index (χ2v) is 9.21. The summed E-state index contributed by atoms with van der Waals surface area (Å²) in [6.45, 7) is 0.399. The number of aliphatic hydroxyl groups is 1.